The average Bonchev–Trinajstić information content (AvgIpc) is 2.44. The number of anilines is 3. The molecule has 1 aliphatic rings. The highest BCUT2D eigenvalue weighted by Gasteiger charge is 2.16. The Kier molecular flexibility index (Phi) is 3.78. The van der Waals surface area contributed by atoms with E-state index in [0.717, 1.165) is 36.8 Å². The summed E-state index contributed by atoms with van der Waals surface area (Å²) in [6.45, 7) is 4.13. The molecule has 5 heteroatoms. The van der Waals surface area contributed by atoms with E-state index in [0.29, 0.717) is 6.04 Å². The van der Waals surface area contributed by atoms with Gasteiger partial charge in [-0.05, 0) is 18.1 Å². The molecule has 2 aromatic rings. The van der Waals surface area contributed by atoms with Crippen molar-refractivity contribution < 1.29 is 0 Å². The molecule has 3 N–H and O–H groups in total. The van der Waals surface area contributed by atoms with Crippen LogP contribution >= 0.6 is 0 Å². The lowest BCUT2D eigenvalue weighted by Gasteiger charge is -2.28. The number of para-hydroxylation sites is 1. The van der Waals surface area contributed by atoms with Crippen LogP contribution in [0, 0.1) is 0 Å². The highest BCUT2D eigenvalue weighted by Crippen LogP contribution is 2.21. The van der Waals surface area contributed by atoms with Gasteiger partial charge < -0.3 is 16.0 Å². The third-order valence-electron chi connectivity index (χ3n) is 3.46. The molecule has 104 valence electrons. The predicted molar refractivity (Wildman–Crippen MR) is 81.4 cm³/mol. The molecule has 0 atom stereocenters. The SMILES string of the molecule is CCc1ccccc1Nc1cc(NC2CNC2)ncn1. The minimum absolute atomic E-state index is 0.473. The number of benzene rings is 1. The smallest absolute Gasteiger partial charge is 0.135 e. The van der Waals surface area contributed by atoms with Crippen LogP contribution in [0.4, 0.5) is 17.3 Å². The van der Waals surface area contributed by atoms with E-state index in [-0.39, 0.29) is 0 Å². The van der Waals surface area contributed by atoms with Crippen LogP contribution < -0.4 is 16.0 Å². The summed E-state index contributed by atoms with van der Waals surface area (Å²) in [7, 11) is 0. The van der Waals surface area contributed by atoms with Gasteiger partial charge in [-0.3, -0.25) is 0 Å². The van der Waals surface area contributed by atoms with Crippen molar-refractivity contribution in [3.05, 3.63) is 42.2 Å². The van der Waals surface area contributed by atoms with E-state index in [1.165, 1.54) is 5.56 Å². The number of aryl methyl sites for hydroxylation is 1. The van der Waals surface area contributed by atoms with Crippen molar-refractivity contribution in [3.8, 4) is 0 Å². The molecule has 0 aliphatic carbocycles. The zero-order valence-electron chi connectivity index (χ0n) is 11.6. The van der Waals surface area contributed by atoms with Gasteiger partial charge in [0.25, 0.3) is 0 Å². The first-order valence-corrected chi connectivity index (χ1v) is 6.99. The summed E-state index contributed by atoms with van der Waals surface area (Å²) in [6, 6.07) is 10.7. The van der Waals surface area contributed by atoms with Crippen LogP contribution in [0.25, 0.3) is 0 Å². The summed E-state index contributed by atoms with van der Waals surface area (Å²) < 4.78 is 0. The van der Waals surface area contributed by atoms with Gasteiger partial charge in [0.05, 0.1) is 6.04 Å². The van der Waals surface area contributed by atoms with Crippen LogP contribution in [0.3, 0.4) is 0 Å². The molecular formula is C15H19N5. The van der Waals surface area contributed by atoms with E-state index in [1.807, 2.05) is 12.1 Å². The Labute approximate surface area is 118 Å². The van der Waals surface area contributed by atoms with Crippen molar-refractivity contribution in [2.45, 2.75) is 19.4 Å². The molecule has 20 heavy (non-hydrogen) atoms. The second-order valence-corrected chi connectivity index (χ2v) is 4.92. The second-order valence-electron chi connectivity index (χ2n) is 4.92. The summed E-state index contributed by atoms with van der Waals surface area (Å²) >= 11 is 0. The van der Waals surface area contributed by atoms with Gasteiger partial charge in [-0.15, -0.1) is 0 Å². The van der Waals surface area contributed by atoms with Gasteiger partial charge in [-0.25, -0.2) is 9.97 Å². The lowest BCUT2D eigenvalue weighted by molar-refractivity contribution is 0.471. The third kappa shape index (κ3) is 2.88. The number of nitrogens with one attached hydrogen (secondary N) is 3. The molecular weight excluding hydrogens is 250 g/mol. The number of aromatic nitrogens is 2. The van der Waals surface area contributed by atoms with Crippen molar-refractivity contribution >= 4 is 17.3 Å². The van der Waals surface area contributed by atoms with Gasteiger partial charge in [-0.1, -0.05) is 25.1 Å². The number of hydrogen-bond acceptors (Lipinski definition) is 5. The number of rotatable bonds is 5. The van der Waals surface area contributed by atoms with E-state index in [4.69, 9.17) is 0 Å². The molecule has 1 saturated heterocycles. The maximum absolute atomic E-state index is 4.28. The quantitative estimate of drug-likeness (QED) is 0.776. The maximum Gasteiger partial charge on any atom is 0.135 e. The van der Waals surface area contributed by atoms with Gasteiger partial charge in [0, 0.05) is 24.8 Å². The molecule has 5 nitrogen and oxygen atoms in total. The summed E-state index contributed by atoms with van der Waals surface area (Å²) in [5.74, 6) is 1.68. The Bertz CT molecular complexity index is 580. The molecule has 0 amide bonds. The Morgan fingerprint density at radius 3 is 2.75 bits per heavy atom. The molecule has 0 bridgehead atoms. The molecule has 3 rings (SSSR count). The Morgan fingerprint density at radius 1 is 1.20 bits per heavy atom. The molecule has 0 saturated carbocycles. The summed E-state index contributed by atoms with van der Waals surface area (Å²) in [5, 5.41) is 9.98. The van der Waals surface area contributed by atoms with E-state index in [9.17, 15) is 0 Å². The molecule has 0 spiro atoms. The van der Waals surface area contributed by atoms with Gasteiger partial charge in [-0.2, -0.15) is 0 Å². The average molecular weight is 269 g/mol. The van der Waals surface area contributed by atoms with Gasteiger partial charge in [0.15, 0.2) is 0 Å². The summed E-state index contributed by atoms with van der Waals surface area (Å²) in [4.78, 5) is 8.54. The predicted octanol–water partition coefficient (Wildman–Crippen LogP) is 2.17. The standard InChI is InChI=1S/C15H19N5/c1-2-11-5-3-4-6-13(11)20-15-7-14(17-10-18-15)19-12-8-16-9-12/h3-7,10,12,16H,2,8-9H2,1H3,(H2,17,18,19,20). The van der Waals surface area contributed by atoms with Crippen LogP contribution in [0.15, 0.2) is 36.7 Å². The van der Waals surface area contributed by atoms with Crippen molar-refractivity contribution in [2.75, 3.05) is 23.7 Å². The number of nitrogens with zero attached hydrogens (tertiary/aromatic N) is 2. The van der Waals surface area contributed by atoms with Crippen molar-refractivity contribution in [3.63, 3.8) is 0 Å². The number of hydrogen-bond donors (Lipinski definition) is 3. The zero-order chi connectivity index (χ0) is 13.8. The fourth-order valence-electron chi connectivity index (χ4n) is 2.19. The minimum Gasteiger partial charge on any atom is -0.365 e. The Morgan fingerprint density at radius 2 is 2.00 bits per heavy atom. The van der Waals surface area contributed by atoms with Crippen LogP contribution in [0.2, 0.25) is 0 Å². The fourth-order valence-corrected chi connectivity index (χ4v) is 2.19. The first kappa shape index (κ1) is 12.9. The maximum atomic E-state index is 4.28. The normalized spacial score (nSPS) is 14.7. The van der Waals surface area contributed by atoms with E-state index in [2.05, 4.69) is 51.0 Å². The highest BCUT2D eigenvalue weighted by molar-refractivity contribution is 5.62. The topological polar surface area (TPSA) is 61.9 Å². The van der Waals surface area contributed by atoms with Crippen LogP contribution in [-0.4, -0.2) is 29.1 Å². The first-order chi connectivity index (χ1) is 9.85. The van der Waals surface area contributed by atoms with E-state index in [1.54, 1.807) is 6.33 Å². The largest absolute Gasteiger partial charge is 0.365 e. The fraction of sp³-hybridized carbons (Fsp3) is 0.333. The van der Waals surface area contributed by atoms with Crippen LogP contribution in [-0.2, 0) is 6.42 Å². The molecule has 0 radical (unpaired) electrons. The molecule has 1 aromatic heterocycles. The van der Waals surface area contributed by atoms with E-state index < -0.39 is 0 Å². The summed E-state index contributed by atoms with van der Waals surface area (Å²) in [6.07, 6.45) is 2.58. The van der Waals surface area contributed by atoms with Crippen LogP contribution in [0.1, 0.15) is 12.5 Å². The summed E-state index contributed by atoms with van der Waals surface area (Å²) in [5.41, 5.74) is 2.38. The van der Waals surface area contributed by atoms with E-state index >= 15 is 0 Å². The molecule has 1 aromatic carbocycles. The van der Waals surface area contributed by atoms with Crippen LogP contribution in [0.5, 0.6) is 0 Å². The lowest BCUT2D eigenvalue weighted by Crippen LogP contribution is -2.51. The third-order valence-corrected chi connectivity index (χ3v) is 3.46. The van der Waals surface area contributed by atoms with Crippen molar-refractivity contribution in [2.24, 2.45) is 0 Å². The Hall–Kier alpha value is -2.14. The monoisotopic (exact) mass is 269 g/mol. The van der Waals surface area contributed by atoms with Gasteiger partial charge in [0.2, 0.25) is 0 Å². The van der Waals surface area contributed by atoms with Gasteiger partial charge in [0.1, 0.15) is 18.0 Å². The van der Waals surface area contributed by atoms with Crippen molar-refractivity contribution in [1.82, 2.24) is 15.3 Å². The van der Waals surface area contributed by atoms with Gasteiger partial charge >= 0.3 is 0 Å². The Balaban J connectivity index is 1.74. The molecule has 2 heterocycles. The zero-order valence-corrected chi connectivity index (χ0v) is 11.6. The molecule has 1 fully saturated rings. The highest BCUT2D eigenvalue weighted by atomic mass is 15.1. The molecule has 1 aliphatic heterocycles. The molecule has 0 unspecified atom stereocenters. The lowest BCUT2D eigenvalue weighted by atomic mass is 10.1. The first-order valence-electron chi connectivity index (χ1n) is 6.99. The minimum atomic E-state index is 0.473. The van der Waals surface area contributed by atoms with Crippen molar-refractivity contribution in [1.29, 1.82) is 0 Å². The second kappa shape index (κ2) is 5.88.